The van der Waals surface area contributed by atoms with Crippen molar-refractivity contribution in [2.45, 2.75) is 37.5 Å². The van der Waals surface area contributed by atoms with E-state index in [-0.39, 0.29) is 0 Å². The zero-order chi connectivity index (χ0) is 8.81. The number of unbranched alkanes of at least 4 members (excludes halogenated alkanes) is 1. The van der Waals surface area contributed by atoms with E-state index in [1.54, 1.807) is 0 Å². The molecule has 0 bridgehead atoms. The standard InChI is InChI=1S/C9H19NOS/c1-8-9(4-7-12-8)10-5-2-3-6-11/h8-11H,2-7H2,1H3. The Morgan fingerprint density at radius 3 is 2.92 bits per heavy atom. The Bertz CT molecular complexity index is 121. The monoisotopic (exact) mass is 189 g/mol. The molecule has 0 aromatic rings. The maximum Gasteiger partial charge on any atom is 0.0431 e. The molecule has 1 fully saturated rings. The summed E-state index contributed by atoms with van der Waals surface area (Å²) in [7, 11) is 0. The lowest BCUT2D eigenvalue weighted by Crippen LogP contribution is -2.34. The highest BCUT2D eigenvalue weighted by molar-refractivity contribution is 8.00. The summed E-state index contributed by atoms with van der Waals surface area (Å²) in [6.45, 7) is 3.69. The molecule has 2 N–H and O–H groups in total. The molecule has 0 aromatic heterocycles. The summed E-state index contributed by atoms with van der Waals surface area (Å²) in [6.07, 6.45) is 3.34. The van der Waals surface area contributed by atoms with Crippen molar-refractivity contribution in [3.05, 3.63) is 0 Å². The van der Waals surface area contributed by atoms with Gasteiger partial charge in [-0.05, 0) is 31.6 Å². The minimum atomic E-state index is 0.330. The average molecular weight is 189 g/mol. The summed E-state index contributed by atoms with van der Waals surface area (Å²) < 4.78 is 0. The topological polar surface area (TPSA) is 32.3 Å². The van der Waals surface area contributed by atoms with Crippen LogP contribution < -0.4 is 5.32 Å². The van der Waals surface area contributed by atoms with E-state index in [1.165, 1.54) is 12.2 Å². The molecule has 3 heteroatoms. The Balaban J connectivity index is 1.98. The second kappa shape index (κ2) is 5.84. The van der Waals surface area contributed by atoms with Crippen molar-refractivity contribution in [1.29, 1.82) is 0 Å². The molecule has 0 amide bonds. The van der Waals surface area contributed by atoms with Gasteiger partial charge in [0.15, 0.2) is 0 Å². The highest BCUT2D eigenvalue weighted by Gasteiger charge is 2.22. The van der Waals surface area contributed by atoms with Gasteiger partial charge in [0.25, 0.3) is 0 Å². The van der Waals surface area contributed by atoms with Gasteiger partial charge in [0.2, 0.25) is 0 Å². The lowest BCUT2D eigenvalue weighted by atomic mass is 10.1. The summed E-state index contributed by atoms with van der Waals surface area (Å²) in [5.41, 5.74) is 0. The molecular formula is C9H19NOS. The van der Waals surface area contributed by atoms with Gasteiger partial charge >= 0.3 is 0 Å². The van der Waals surface area contributed by atoms with E-state index in [9.17, 15) is 0 Å². The van der Waals surface area contributed by atoms with Gasteiger partial charge in [-0.1, -0.05) is 6.92 Å². The van der Waals surface area contributed by atoms with Crippen LogP contribution in [0.15, 0.2) is 0 Å². The number of aliphatic hydroxyl groups excluding tert-OH is 1. The van der Waals surface area contributed by atoms with Crippen LogP contribution in [0.1, 0.15) is 26.2 Å². The van der Waals surface area contributed by atoms with Crippen LogP contribution in [0.4, 0.5) is 0 Å². The second-order valence-corrected chi connectivity index (χ2v) is 4.84. The van der Waals surface area contributed by atoms with Gasteiger partial charge in [-0.15, -0.1) is 0 Å². The second-order valence-electron chi connectivity index (χ2n) is 3.36. The number of aliphatic hydroxyl groups is 1. The highest BCUT2D eigenvalue weighted by Crippen LogP contribution is 2.25. The predicted molar refractivity (Wildman–Crippen MR) is 54.6 cm³/mol. The molecule has 0 aromatic carbocycles. The van der Waals surface area contributed by atoms with Gasteiger partial charge in [-0.3, -0.25) is 0 Å². The third kappa shape index (κ3) is 3.33. The molecule has 2 unspecified atom stereocenters. The summed E-state index contributed by atoms with van der Waals surface area (Å²) in [5.74, 6) is 1.30. The van der Waals surface area contributed by atoms with Crippen LogP contribution in [0, 0.1) is 0 Å². The van der Waals surface area contributed by atoms with Crippen molar-refractivity contribution in [1.82, 2.24) is 5.32 Å². The van der Waals surface area contributed by atoms with Crippen LogP contribution in [-0.2, 0) is 0 Å². The Hall–Kier alpha value is 0.270. The summed E-state index contributed by atoms with van der Waals surface area (Å²) in [5, 5.41) is 12.9. The van der Waals surface area contributed by atoms with Crippen LogP contribution in [0.5, 0.6) is 0 Å². The number of thioether (sulfide) groups is 1. The van der Waals surface area contributed by atoms with Crippen LogP contribution in [0.3, 0.4) is 0 Å². The smallest absolute Gasteiger partial charge is 0.0431 e. The van der Waals surface area contributed by atoms with E-state index in [2.05, 4.69) is 24.0 Å². The molecule has 72 valence electrons. The summed E-state index contributed by atoms with van der Waals surface area (Å²) >= 11 is 2.06. The SMILES string of the molecule is CC1SCCC1NCCCCO. The maximum absolute atomic E-state index is 8.58. The van der Waals surface area contributed by atoms with Crippen molar-refractivity contribution in [2.24, 2.45) is 0 Å². The predicted octanol–water partition coefficient (Wildman–Crippen LogP) is 1.24. The van der Waals surface area contributed by atoms with Crippen LogP contribution in [-0.4, -0.2) is 35.3 Å². The average Bonchev–Trinajstić information content (AvgIpc) is 2.46. The van der Waals surface area contributed by atoms with Crippen molar-refractivity contribution in [3.63, 3.8) is 0 Å². The van der Waals surface area contributed by atoms with E-state index in [0.29, 0.717) is 12.6 Å². The summed E-state index contributed by atoms with van der Waals surface area (Å²) in [6, 6.07) is 0.716. The van der Waals surface area contributed by atoms with Crippen LogP contribution >= 0.6 is 11.8 Å². The first kappa shape index (κ1) is 10.4. The first-order chi connectivity index (χ1) is 5.84. The number of hydrogen-bond donors (Lipinski definition) is 2. The molecule has 0 saturated carbocycles. The van der Waals surface area contributed by atoms with Gasteiger partial charge in [0, 0.05) is 17.9 Å². The molecular weight excluding hydrogens is 170 g/mol. The van der Waals surface area contributed by atoms with E-state index < -0.39 is 0 Å². The van der Waals surface area contributed by atoms with Gasteiger partial charge in [-0.2, -0.15) is 11.8 Å². The Morgan fingerprint density at radius 1 is 1.50 bits per heavy atom. The van der Waals surface area contributed by atoms with Crippen molar-refractivity contribution in [2.75, 3.05) is 18.9 Å². The fourth-order valence-electron chi connectivity index (χ4n) is 1.52. The molecule has 2 nitrogen and oxygen atoms in total. The normalized spacial score (nSPS) is 29.5. The molecule has 0 radical (unpaired) electrons. The number of rotatable bonds is 5. The minimum Gasteiger partial charge on any atom is -0.396 e. The van der Waals surface area contributed by atoms with E-state index in [4.69, 9.17) is 5.11 Å². The van der Waals surface area contributed by atoms with Crippen molar-refractivity contribution in [3.8, 4) is 0 Å². The van der Waals surface area contributed by atoms with Crippen LogP contribution in [0.2, 0.25) is 0 Å². The molecule has 1 aliphatic heterocycles. The van der Waals surface area contributed by atoms with Gasteiger partial charge < -0.3 is 10.4 Å². The quantitative estimate of drug-likeness (QED) is 0.638. The van der Waals surface area contributed by atoms with Gasteiger partial charge in [-0.25, -0.2) is 0 Å². The van der Waals surface area contributed by atoms with Crippen molar-refractivity contribution >= 4 is 11.8 Å². The zero-order valence-corrected chi connectivity index (χ0v) is 8.57. The highest BCUT2D eigenvalue weighted by atomic mass is 32.2. The maximum atomic E-state index is 8.58. The molecule has 0 spiro atoms. The zero-order valence-electron chi connectivity index (χ0n) is 7.75. The first-order valence-electron chi connectivity index (χ1n) is 4.80. The third-order valence-corrected chi connectivity index (χ3v) is 3.69. The molecule has 1 heterocycles. The Morgan fingerprint density at radius 2 is 2.33 bits per heavy atom. The van der Waals surface area contributed by atoms with Gasteiger partial charge in [0.1, 0.15) is 0 Å². The van der Waals surface area contributed by atoms with Crippen LogP contribution in [0.25, 0.3) is 0 Å². The molecule has 1 saturated heterocycles. The van der Waals surface area contributed by atoms with E-state index in [1.807, 2.05) is 0 Å². The van der Waals surface area contributed by atoms with Gasteiger partial charge in [0.05, 0.1) is 0 Å². The first-order valence-corrected chi connectivity index (χ1v) is 5.85. The molecule has 0 aliphatic carbocycles. The molecule has 1 rings (SSSR count). The fraction of sp³-hybridized carbons (Fsp3) is 1.00. The fourth-order valence-corrected chi connectivity index (χ4v) is 2.75. The number of nitrogens with one attached hydrogen (secondary N) is 1. The molecule has 2 atom stereocenters. The Labute approximate surface area is 79.1 Å². The molecule has 12 heavy (non-hydrogen) atoms. The van der Waals surface area contributed by atoms with E-state index in [0.717, 1.165) is 24.6 Å². The third-order valence-electron chi connectivity index (χ3n) is 2.37. The lowest BCUT2D eigenvalue weighted by Gasteiger charge is -2.15. The van der Waals surface area contributed by atoms with Crippen molar-refractivity contribution < 1.29 is 5.11 Å². The lowest BCUT2D eigenvalue weighted by molar-refractivity contribution is 0.282. The minimum absolute atomic E-state index is 0.330. The largest absolute Gasteiger partial charge is 0.396 e. The Kier molecular flexibility index (Phi) is 5.04. The summed E-state index contributed by atoms with van der Waals surface area (Å²) in [4.78, 5) is 0. The number of hydrogen-bond acceptors (Lipinski definition) is 3. The molecule has 1 aliphatic rings. The van der Waals surface area contributed by atoms with E-state index >= 15 is 0 Å².